The molecule has 0 aliphatic rings. The number of nitrogens with one attached hydrogen (secondary N) is 1. The van der Waals surface area contributed by atoms with E-state index in [9.17, 15) is 9.59 Å². The molecule has 2 heterocycles. The Labute approximate surface area is 131 Å². The zero-order valence-corrected chi connectivity index (χ0v) is 12.5. The van der Waals surface area contributed by atoms with Crippen molar-refractivity contribution in [3.63, 3.8) is 0 Å². The van der Waals surface area contributed by atoms with Crippen molar-refractivity contribution in [2.24, 2.45) is 7.05 Å². The number of carbonyl (C=O) groups excluding carboxylic acids is 1. The van der Waals surface area contributed by atoms with Crippen LogP contribution in [0.4, 0.5) is 5.82 Å². The van der Waals surface area contributed by atoms with E-state index >= 15 is 0 Å². The van der Waals surface area contributed by atoms with Gasteiger partial charge < -0.3 is 9.88 Å². The lowest BCUT2D eigenvalue weighted by Crippen LogP contribution is -2.23. The lowest BCUT2D eigenvalue weighted by molar-refractivity contribution is 0.102. The zero-order valence-electron chi connectivity index (χ0n) is 11.7. The first-order chi connectivity index (χ1) is 10.6. The van der Waals surface area contributed by atoms with Crippen molar-refractivity contribution in [2.75, 3.05) is 5.32 Å². The highest BCUT2D eigenvalue weighted by molar-refractivity contribution is 6.31. The molecule has 22 heavy (non-hydrogen) atoms. The largest absolute Gasteiger partial charge is 0.350 e. The predicted molar refractivity (Wildman–Crippen MR) is 86.4 cm³/mol. The molecule has 1 amide bonds. The molecule has 0 aliphatic heterocycles. The molecule has 0 spiro atoms. The third-order valence-corrected chi connectivity index (χ3v) is 3.54. The Hall–Kier alpha value is -2.66. The van der Waals surface area contributed by atoms with Gasteiger partial charge in [0.25, 0.3) is 5.91 Å². The number of carbonyl (C=O) groups is 1. The van der Waals surface area contributed by atoms with Crippen LogP contribution in [0.25, 0.3) is 10.9 Å². The maximum atomic E-state index is 12.5. The van der Waals surface area contributed by atoms with E-state index in [0.717, 1.165) is 0 Å². The smallest absolute Gasteiger partial charge is 0.262 e. The van der Waals surface area contributed by atoms with Crippen molar-refractivity contribution < 1.29 is 4.79 Å². The summed E-state index contributed by atoms with van der Waals surface area (Å²) in [4.78, 5) is 28.8. The van der Waals surface area contributed by atoms with Crippen LogP contribution in [-0.4, -0.2) is 15.5 Å². The number of fused-ring (bicyclic) bond motifs is 1. The maximum absolute atomic E-state index is 12.5. The Morgan fingerprint density at radius 2 is 2.09 bits per heavy atom. The maximum Gasteiger partial charge on any atom is 0.262 e. The van der Waals surface area contributed by atoms with Crippen LogP contribution in [0.2, 0.25) is 5.02 Å². The van der Waals surface area contributed by atoms with Gasteiger partial charge in [-0.3, -0.25) is 9.59 Å². The van der Waals surface area contributed by atoms with Crippen molar-refractivity contribution in [3.05, 3.63) is 69.6 Å². The van der Waals surface area contributed by atoms with Gasteiger partial charge in [-0.2, -0.15) is 0 Å². The number of hydrogen-bond donors (Lipinski definition) is 1. The van der Waals surface area contributed by atoms with E-state index in [0.29, 0.717) is 21.7 Å². The van der Waals surface area contributed by atoms with Crippen LogP contribution in [-0.2, 0) is 7.05 Å². The number of halogens is 1. The third kappa shape index (κ3) is 2.58. The van der Waals surface area contributed by atoms with Crippen molar-refractivity contribution in [2.45, 2.75) is 0 Å². The number of rotatable bonds is 2. The molecule has 0 unspecified atom stereocenters. The van der Waals surface area contributed by atoms with Crippen LogP contribution in [0.5, 0.6) is 0 Å². The molecule has 5 nitrogen and oxygen atoms in total. The number of amides is 1. The van der Waals surface area contributed by atoms with Gasteiger partial charge in [-0.25, -0.2) is 4.98 Å². The number of pyridine rings is 2. The first kappa shape index (κ1) is 14.3. The monoisotopic (exact) mass is 313 g/mol. The second kappa shape index (κ2) is 5.61. The van der Waals surface area contributed by atoms with Crippen molar-refractivity contribution in [1.82, 2.24) is 9.55 Å². The Balaban J connectivity index is 2.09. The number of nitrogens with zero attached hydrogens (tertiary/aromatic N) is 2. The molecular formula is C16H12ClN3O2. The van der Waals surface area contributed by atoms with Gasteiger partial charge in [-0.1, -0.05) is 17.7 Å². The van der Waals surface area contributed by atoms with E-state index < -0.39 is 5.91 Å². The molecule has 0 saturated heterocycles. The standard InChI is InChI=1S/C16H12ClN3O2/c1-20-9-12(16(22)19-14-4-2-3-7-18-14)15(21)11-8-10(17)5-6-13(11)20/h2-9H,1H3,(H,18,19,22). The van der Waals surface area contributed by atoms with E-state index in [1.165, 1.54) is 6.20 Å². The van der Waals surface area contributed by atoms with E-state index in [4.69, 9.17) is 11.6 Å². The Morgan fingerprint density at radius 1 is 1.27 bits per heavy atom. The molecule has 110 valence electrons. The van der Waals surface area contributed by atoms with Gasteiger partial charge in [0.05, 0.1) is 5.52 Å². The molecule has 0 radical (unpaired) electrons. The second-order valence-electron chi connectivity index (χ2n) is 4.81. The second-order valence-corrected chi connectivity index (χ2v) is 5.25. The van der Waals surface area contributed by atoms with Crippen molar-refractivity contribution >= 4 is 34.2 Å². The van der Waals surface area contributed by atoms with E-state index in [1.807, 2.05) is 0 Å². The first-order valence-corrected chi connectivity index (χ1v) is 6.95. The number of hydrogen-bond acceptors (Lipinski definition) is 3. The fourth-order valence-corrected chi connectivity index (χ4v) is 2.42. The van der Waals surface area contributed by atoms with E-state index in [-0.39, 0.29) is 11.0 Å². The minimum atomic E-state index is -0.499. The molecule has 1 aromatic carbocycles. The summed E-state index contributed by atoms with van der Waals surface area (Å²) < 4.78 is 1.72. The molecule has 3 aromatic rings. The first-order valence-electron chi connectivity index (χ1n) is 6.57. The number of aromatic nitrogens is 2. The highest BCUT2D eigenvalue weighted by Gasteiger charge is 2.15. The number of aryl methyl sites for hydroxylation is 1. The fourth-order valence-electron chi connectivity index (χ4n) is 2.25. The molecule has 0 atom stereocenters. The van der Waals surface area contributed by atoms with E-state index in [1.54, 1.807) is 54.2 Å². The summed E-state index contributed by atoms with van der Waals surface area (Å²) in [5, 5.41) is 3.47. The highest BCUT2D eigenvalue weighted by Crippen LogP contribution is 2.17. The topological polar surface area (TPSA) is 64.0 Å². The number of anilines is 1. The Morgan fingerprint density at radius 3 is 2.82 bits per heavy atom. The lowest BCUT2D eigenvalue weighted by atomic mass is 10.1. The van der Waals surface area contributed by atoms with E-state index in [2.05, 4.69) is 10.3 Å². The van der Waals surface area contributed by atoms with Crippen molar-refractivity contribution in [3.8, 4) is 0 Å². The SMILES string of the molecule is Cn1cc(C(=O)Nc2ccccn2)c(=O)c2cc(Cl)ccc21. The van der Waals surface area contributed by atoms with Crippen LogP contribution in [0.15, 0.2) is 53.6 Å². The van der Waals surface area contributed by atoms with Gasteiger partial charge in [0.1, 0.15) is 11.4 Å². The minimum Gasteiger partial charge on any atom is -0.350 e. The van der Waals surface area contributed by atoms with Crippen LogP contribution in [0, 0.1) is 0 Å². The van der Waals surface area contributed by atoms with Crippen LogP contribution in [0.1, 0.15) is 10.4 Å². The summed E-state index contributed by atoms with van der Waals surface area (Å²) in [6.45, 7) is 0. The van der Waals surface area contributed by atoms with Gasteiger partial charge in [-0.15, -0.1) is 0 Å². The third-order valence-electron chi connectivity index (χ3n) is 3.30. The summed E-state index contributed by atoms with van der Waals surface area (Å²) >= 11 is 5.95. The number of benzene rings is 1. The molecule has 6 heteroatoms. The highest BCUT2D eigenvalue weighted by atomic mass is 35.5. The van der Waals surface area contributed by atoms with Crippen LogP contribution >= 0.6 is 11.6 Å². The van der Waals surface area contributed by atoms with Gasteiger partial charge in [0, 0.05) is 29.9 Å². The quantitative estimate of drug-likeness (QED) is 0.791. The molecule has 0 bridgehead atoms. The summed E-state index contributed by atoms with van der Waals surface area (Å²) in [6.07, 6.45) is 3.07. The minimum absolute atomic E-state index is 0.0444. The summed E-state index contributed by atoms with van der Waals surface area (Å²) in [7, 11) is 1.77. The van der Waals surface area contributed by atoms with Crippen LogP contribution < -0.4 is 10.7 Å². The van der Waals surface area contributed by atoms with Gasteiger partial charge in [0.2, 0.25) is 5.43 Å². The summed E-state index contributed by atoms with van der Waals surface area (Å²) in [5.41, 5.74) is 0.399. The normalized spacial score (nSPS) is 10.6. The average molecular weight is 314 g/mol. The molecule has 1 N–H and O–H groups in total. The lowest BCUT2D eigenvalue weighted by Gasteiger charge is -2.09. The van der Waals surface area contributed by atoms with Gasteiger partial charge >= 0.3 is 0 Å². The van der Waals surface area contributed by atoms with Crippen LogP contribution in [0.3, 0.4) is 0 Å². The predicted octanol–water partition coefficient (Wildman–Crippen LogP) is 2.84. The fraction of sp³-hybridized carbons (Fsp3) is 0.0625. The van der Waals surface area contributed by atoms with Gasteiger partial charge in [0.15, 0.2) is 0 Å². The molecular weight excluding hydrogens is 302 g/mol. The zero-order chi connectivity index (χ0) is 15.7. The Bertz CT molecular complexity index is 920. The molecule has 0 saturated carbocycles. The molecule has 3 rings (SSSR count). The van der Waals surface area contributed by atoms with Crippen molar-refractivity contribution in [1.29, 1.82) is 0 Å². The average Bonchev–Trinajstić information content (AvgIpc) is 2.51. The summed E-state index contributed by atoms with van der Waals surface area (Å²) in [6, 6.07) is 10.2. The van der Waals surface area contributed by atoms with Gasteiger partial charge in [-0.05, 0) is 30.3 Å². The molecule has 2 aromatic heterocycles. The molecule has 0 aliphatic carbocycles. The Kier molecular flexibility index (Phi) is 3.65. The molecule has 0 fully saturated rings. The summed E-state index contributed by atoms with van der Waals surface area (Å²) in [5.74, 6) is -0.109.